The third-order valence-electron chi connectivity index (χ3n) is 3.56. The van der Waals surface area contributed by atoms with Crippen LogP contribution >= 0.6 is 0 Å². The van der Waals surface area contributed by atoms with Gasteiger partial charge in [-0.2, -0.15) is 0 Å². The van der Waals surface area contributed by atoms with Gasteiger partial charge in [0, 0.05) is 24.0 Å². The third-order valence-corrected chi connectivity index (χ3v) is 3.56. The second-order valence-corrected chi connectivity index (χ2v) is 5.01. The topological polar surface area (TPSA) is 41.3 Å². The van der Waals surface area contributed by atoms with Crippen molar-refractivity contribution in [3.8, 4) is 0 Å². The van der Waals surface area contributed by atoms with Crippen molar-refractivity contribution in [2.75, 3.05) is 13.1 Å². The van der Waals surface area contributed by atoms with Gasteiger partial charge in [0.25, 0.3) is 0 Å². The predicted octanol–water partition coefficient (Wildman–Crippen LogP) is 1.02. The summed E-state index contributed by atoms with van der Waals surface area (Å²) in [5.74, 6) is 0. The van der Waals surface area contributed by atoms with Crippen LogP contribution in [-0.4, -0.2) is 29.6 Å². The van der Waals surface area contributed by atoms with E-state index in [0.29, 0.717) is 11.6 Å². The van der Waals surface area contributed by atoms with Gasteiger partial charge in [0.05, 0.1) is 6.04 Å². The summed E-state index contributed by atoms with van der Waals surface area (Å²) >= 11 is 0. The number of rotatable bonds is 1. The first kappa shape index (κ1) is 9.84. The maximum Gasteiger partial charge on any atom is 0.0529 e. The second kappa shape index (κ2) is 3.46. The first-order chi connectivity index (χ1) is 6.61. The highest BCUT2D eigenvalue weighted by molar-refractivity contribution is 5.12. The fraction of sp³-hybridized carbons (Fsp3) is 0.818. The summed E-state index contributed by atoms with van der Waals surface area (Å²) in [5.41, 5.74) is 7.38. The maximum atomic E-state index is 6.04. The van der Waals surface area contributed by atoms with Crippen molar-refractivity contribution >= 4 is 0 Å². The Kier molecular flexibility index (Phi) is 2.43. The molecule has 0 aliphatic carbocycles. The molecule has 0 aromatic carbocycles. The molecule has 2 rings (SSSR count). The molecule has 2 aliphatic rings. The highest BCUT2D eigenvalue weighted by Gasteiger charge is 2.37. The first-order valence-electron chi connectivity index (χ1n) is 5.57. The number of nitrogens with two attached hydrogens (primary N) is 1. The van der Waals surface area contributed by atoms with Crippen LogP contribution in [0.2, 0.25) is 0 Å². The highest BCUT2D eigenvalue weighted by Crippen LogP contribution is 2.32. The molecule has 80 valence electrons. The largest absolute Gasteiger partial charge is 0.400 e. The highest BCUT2D eigenvalue weighted by atomic mass is 15.3. The molecule has 2 heterocycles. The second-order valence-electron chi connectivity index (χ2n) is 5.01. The number of nitrogens with one attached hydrogen (secondary N) is 1. The van der Waals surface area contributed by atoms with Crippen molar-refractivity contribution in [2.24, 2.45) is 5.73 Å². The molecule has 0 saturated carbocycles. The van der Waals surface area contributed by atoms with E-state index in [4.69, 9.17) is 5.73 Å². The van der Waals surface area contributed by atoms with Crippen molar-refractivity contribution in [1.82, 2.24) is 10.2 Å². The lowest BCUT2D eigenvalue weighted by atomic mass is 9.97. The zero-order valence-corrected chi connectivity index (χ0v) is 9.21. The zero-order valence-electron chi connectivity index (χ0n) is 9.21. The third kappa shape index (κ3) is 1.61. The standard InChI is InChI=1S/C11H21N3/c1-11(2)5-3-7-14(11)10-4-6-13-8-9(10)12/h8,10,13H,3-7,12H2,1-2H3. The van der Waals surface area contributed by atoms with Crippen LogP contribution in [0.3, 0.4) is 0 Å². The van der Waals surface area contributed by atoms with Gasteiger partial charge in [-0.3, -0.25) is 4.90 Å². The van der Waals surface area contributed by atoms with E-state index in [2.05, 4.69) is 24.1 Å². The SMILES string of the molecule is CC1(C)CCCN1C1CCNC=C1N. The average molecular weight is 195 g/mol. The summed E-state index contributed by atoms with van der Waals surface area (Å²) in [5, 5.41) is 3.20. The molecule has 1 fully saturated rings. The molecule has 1 atom stereocenters. The van der Waals surface area contributed by atoms with E-state index < -0.39 is 0 Å². The van der Waals surface area contributed by atoms with Gasteiger partial charge in [0.2, 0.25) is 0 Å². The van der Waals surface area contributed by atoms with Crippen molar-refractivity contribution in [1.29, 1.82) is 0 Å². The molecule has 0 spiro atoms. The molecule has 1 saturated heterocycles. The predicted molar refractivity (Wildman–Crippen MR) is 58.7 cm³/mol. The van der Waals surface area contributed by atoms with E-state index in [-0.39, 0.29) is 0 Å². The van der Waals surface area contributed by atoms with Crippen LogP contribution in [0.4, 0.5) is 0 Å². The molecule has 0 amide bonds. The zero-order chi connectivity index (χ0) is 10.2. The van der Waals surface area contributed by atoms with Crippen molar-refractivity contribution in [3.63, 3.8) is 0 Å². The van der Waals surface area contributed by atoms with E-state index in [0.717, 1.165) is 18.7 Å². The van der Waals surface area contributed by atoms with Gasteiger partial charge in [0.1, 0.15) is 0 Å². The maximum absolute atomic E-state index is 6.04. The van der Waals surface area contributed by atoms with Crippen LogP contribution in [0.25, 0.3) is 0 Å². The lowest BCUT2D eigenvalue weighted by molar-refractivity contribution is 0.124. The summed E-state index contributed by atoms with van der Waals surface area (Å²) in [6, 6.07) is 0.466. The van der Waals surface area contributed by atoms with Crippen molar-refractivity contribution in [2.45, 2.75) is 44.7 Å². The molecule has 0 bridgehead atoms. The Bertz CT molecular complexity index is 245. The minimum absolute atomic E-state index is 0.334. The Hall–Kier alpha value is -0.700. The number of hydrogen-bond acceptors (Lipinski definition) is 3. The molecule has 0 aromatic rings. The van der Waals surface area contributed by atoms with E-state index in [9.17, 15) is 0 Å². The van der Waals surface area contributed by atoms with Gasteiger partial charge < -0.3 is 11.1 Å². The fourth-order valence-corrected chi connectivity index (χ4v) is 2.71. The number of nitrogens with zero attached hydrogens (tertiary/aromatic N) is 1. The van der Waals surface area contributed by atoms with Gasteiger partial charge >= 0.3 is 0 Å². The normalized spacial score (nSPS) is 32.4. The molecule has 0 aromatic heterocycles. The lowest BCUT2D eigenvalue weighted by Crippen LogP contribution is -2.50. The minimum atomic E-state index is 0.334. The van der Waals surface area contributed by atoms with Crippen molar-refractivity contribution in [3.05, 3.63) is 11.9 Å². The van der Waals surface area contributed by atoms with Gasteiger partial charge in [0.15, 0.2) is 0 Å². The first-order valence-corrected chi connectivity index (χ1v) is 5.57. The van der Waals surface area contributed by atoms with Crippen LogP contribution in [0.1, 0.15) is 33.1 Å². The smallest absolute Gasteiger partial charge is 0.0529 e. The summed E-state index contributed by atoms with van der Waals surface area (Å²) in [6.07, 6.45) is 5.72. The Balaban J connectivity index is 2.14. The molecule has 1 unspecified atom stereocenters. The summed E-state index contributed by atoms with van der Waals surface area (Å²) < 4.78 is 0. The fourth-order valence-electron chi connectivity index (χ4n) is 2.71. The average Bonchev–Trinajstić information content (AvgIpc) is 2.46. The summed E-state index contributed by atoms with van der Waals surface area (Å²) in [6.45, 7) is 6.91. The molecule has 3 heteroatoms. The van der Waals surface area contributed by atoms with E-state index in [1.54, 1.807) is 0 Å². The number of hydrogen-bond donors (Lipinski definition) is 2. The van der Waals surface area contributed by atoms with E-state index in [1.165, 1.54) is 19.4 Å². The molecule has 0 radical (unpaired) electrons. The van der Waals surface area contributed by atoms with Crippen LogP contribution in [-0.2, 0) is 0 Å². The molecular formula is C11H21N3. The summed E-state index contributed by atoms with van der Waals surface area (Å²) in [4.78, 5) is 2.57. The van der Waals surface area contributed by atoms with Crippen LogP contribution in [0, 0.1) is 0 Å². The molecule has 3 N–H and O–H groups in total. The van der Waals surface area contributed by atoms with Crippen LogP contribution < -0.4 is 11.1 Å². The van der Waals surface area contributed by atoms with E-state index in [1.807, 2.05) is 6.20 Å². The summed E-state index contributed by atoms with van der Waals surface area (Å²) in [7, 11) is 0. The Labute approximate surface area is 86.3 Å². The molecule has 3 nitrogen and oxygen atoms in total. The molecule has 2 aliphatic heterocycles. The van der Waals surface area contributed by atoms with Crippen LogP contribution in [0.5, 0.6) is 0 Å². The van der Waals surface area contributed by atoms with Gasteiger partial charge in [-0.05, 0) is 39.7 Å². The number of likely N-dealkylation sites (tertiary alicyclic amines) is 1. The molecular weight excluding hydrogens is 174 g/mol. The molecule has 14 heavy (non-hydrogen) atoms. The van der Waals surface area contributed by atoms with Crippen molar-refractivity contribution < 1.29 is 0 Å². The Morgan fingerprint density at radius 2 is 2.36 bits per heavy atom. The van der Waals surface area contributed by atoms with E-state index >= 15 is 0 Å². The van der Waals surface area contributed by atoms with Crippen LogP contribution in [0.15, 0.2) is 11.9 Å². The van der Waals surface area contributed by atoms with Gasteiger partial charge in [-0.15, -0.1) is 0 Å². The monoisotopic (exact) mass is 195 g/mol. The quantitative estimate of drug-likeness (QED) is 0.656. The Morgan fingerprint density at radius 1 is 1.57 bits per heavy atom. The lowest BCUT2D eigenvalue weighted by Gasteiger charge is -2.40. The Morgan fingerprint density at radius 3 is 2.93 bits per heavy atom. The van der Waals surface area contributed by atoms with Gasteiger partial charge in [-0.1, -0.05) is 0 Å². The minimum Gasteiger partial charge on any atom is -0.400 e. The van der Waals surface area contributed by atoms with Gasteiger partial charge in [-0.25, -0.2) is 0 Å².